The van der Waals surface area contributed by atoms with Crippen molar-refractivity contribution in [3.8, 4) is 11.5 Å². The predicted molar refractivity (Wildman–Crippen MR) is 71.4 cm³/mol. The second-order valence-electron chi connectivity index (χ2n) is 5.69. The van der Waals surface area contributed by atoms with Crippen molar-refractivity contribution in [1.29, 1.82) is 0 Å². The zero-order valence-corrected chi connectivity index (χ0v) is 11.5. The molecule has 0 N–H and O–H groups in total. The summed E-state index contributed by atoms with van der Waals surface area (Å²) in [7, 11) is -1.18. The van der Waals surface area contributed by atoms with Crippen LogP contribution in [-0.2, 0) is 0 Å². The van der Waals surface area contributed by atoms with Crippen LogP contribution in [0.2, 0.25) is 19.6 Å². The first-order chi connectivity index (χ1) is 7.03. The van der Waals surface area contributed by atoms with Gasteiger partial charge in [0.15, 0.2) is 0 Å². The average Bonchev–Trinajstić information content (AvgIpc) is 2.16. The van der Waals surface area contributed by atoms with Crippen LogP contribution in [0.25, 0.3) is 0 Å². The van der Waals surface area contributed by atoms with Crippen LogP contribution in [-0.4, -0.2) is 8.07 Å². The van der Waals surface area contributed by atoms with Crippen LogP contribution >= 0.6 is 0 Å². The molecule has 1 rings (SSSR count). The topological polar surface area (TPSA) is 0 Å². The number of hydrogen-bond donors (Lipinski definition) is 0. The Balaban J connectivity index is 2.62. The van der Waals surface area contributed by atoms with Crippen LogP contribution in [0.1, 0.15) is 32.1 Å². The molecule has 84 valence electrons. The Kier molecular flexibility index (Phi) is 4.66. The van der Waals surface area contributed by atoms with Crippen molar-refractivity contribution in [2.24, 2.45) is 11.8 Å². The lowest BCUT2D eigenvalue weighted by Crippen LogP contribution is -2.21. The van der Waals surface area contributed by atoms with Gasteiger partial charge < -0.3 is 0 Å². The van der Waals surface area contributed by atoms with Gasteiger partial charge in [-0.25, -0.2) is 0 Å². The molecule has 1 aliphatic rings. The largest absolute Gasteiger partial charge is 0.132 e. The van der Waals surface area contributed by atoms with E-state index < -0.39 is 8.07 Å². The molecule has 0 spiro atoms. The molecule has 0 unspecified atom stereocenters. The van der Waals surface area contributed by atoms with Crippen molar-refractivity contribution in [3.05, 3.63) is 12.7 Å². The Morgan fingerprint density at radius 1 is 1.27 bits per heavy atom. The lowest BCUT2D eigenvalue weighted by Gasteiger charge is -2.27. The molecular formula is C14H24Si. The number of allylic oxidation sites excluding steroid dienone is 1. The minimum absolute atomic E-state index is 0.656. The lowest BCUT2D eigenvalue weighted by molar-refractivity contribution is 0.295. The van der Waals surface area contributed by atoms with Crippen molar-refractivity contribution >= 4 is 8.07 Å². The van der Waals surface area contributed by atoms with Gasteiger partial charge in [0, 0.05) is 5.92 Å². The standard InChI is InChI=1S/C14H24Si/c1-5-8-13-9-6-7-10-14(13)11-12-15(2,3)4/h5,13-14H,1,6-10H2,2-4H3/t13-,14+/m0/s1. The third kappa shape index (κ3) is 4.71. The first kappa shape index (κ1) is 12.6. The van der Waals surface area contributed by atoms with Crippen molar-refractivity contribution in [3.63, 3.8) is 0 Å². The molecule has 2 atom stereocenters. The average molecular weight is 220 g/mol. The van der Waals surface area contributed by atoms with Gasteiger partial charge in [-0.15, -0.1) is 18.0 Å². The summed E-state index contributed by atoms with van der Waals surface area (Å²) in [6, 6.07) is 0. The molecule has 1 heteroatoms. The van der Waals surface area contributed by atoms with Gasteiger partial charge in [-0.1, -0.05) is 38.6 Å². The van der Waals surface area contributed by atoms with E-state index in [1.165, 1.54) is 25.7 Å². The van der Waals surface area contributed by atoms with Crippen LogP contribution in [0, 0.1) is 23.3 Å². The summed E-state index contributed by atoms with van der Waals surface area (Å²) < 4.78 is 0. The molecule has 0 nitrogen and oxygen atoms in total. The molecule has 0 bridgehead atoms. The van der Waals surface area contributed by atoms with Gasteiger partial charge in [0.1, 0.15) is 8.07 Å². The summed E-state index contributed by atoms with van der Waals surface area (Å²) in [6.07, 6.45) is 8.67. The molecule has 0 aliphatic heterocycles. The van der Waals surface area contributed by atoms with Gasteiger partial charge in [0.2, 0.25) is 0 Å². The highest BCUT2D eigenvalue weighted by molar-refractivity contribution is 6.83. The Bertz CT molecular complexity index is 261. The highest BCUT2D eigenvalue weighted by Gasteiger charge is 2.22. The van der Waals surface area contributed by atoms with Crippen molar-refractivity contribution in [1.82, 2.24) is 0 Å². The number of hydrogen-bond acceptors (Lipinski definition) is 0. The van der Waals surface area contributed by atoms with E-state index in [1.807, 2.05) is 0 Å². The van der Waals surface area contributed by atoms with Crippen molar-refractivity contribution < 1.29 is 0 Å². The second-order valence-corrected chi connectivity index (χ2v) is 10.4. The SMILES string of the molecule is C=CC[C@H]1CCCC[C@@H]1C#C[Si](C)(C)C. The van der Waals surface area contributed by atoms with Crippen LogP contribution in [0.3, 0.4) is 0 Å². The fourth-order valence-corrected chi connectivity index (χ4v) is 2.82. The predicted octanol–water partition coefficient (Wildman–Crippen LogP) is 4.25. The molecular weight excluding hydrogens is 196 g/mol. The van der Waals surface area contributed by atoms with Crippen molar-refractivity contribution in [2.75, 3.05) is 0 Å². The molecule has 0 aromatic rings. The fourth-order valence-electron chi connectivity index (χ4n) is 2.20. The van der Waals surface area contributed by atoms with Gasteiger partial charge in [0.05, 0.1) is 0 Å². The Labute approximate surface area is 96.2 Å². The van der Waals surface area contributed by atoms with E-state index in [4.69, 9.17) is 0 Å². The van der Waals surface area contributed by atoms with Crippen LogP contribution < -0.4 is 0 Å². The molecule has 0 amide bonds. The molecule has 1 fully saturated rings. The number of rotatable bonds is 2. The molecule has 1 saturated carbocycles. The van der Waals surface area contributed by atoms with Gasteiger partial charge in [0.25, 0.3) is 0 Å². The van der Waals surface area contributed by atoms with Gasteiger partial charge >= 0.3 is 0 Å². The molecule has 0 saturated heterocycles. The minimum Gasteiger partial charge on any atom is -0.132 e. The van der Waals surface area contributed by atoms with E-state index in [9.17, 15) is 0 Å². The van der Waals surface area contributed by atoms with E-state index in [0.29, 0.717) is 5.92 Å². The molecule has 1 aliphatic carbocycles. The minimum atomic E-state index is -1.18. The maximum Gasteiger partial charge on any atom is 0.129 e. The van der Waals surface area contributed by atoms with E-state index in [1.54, 1.807) is 0 Å². The van der Waals surface area contributed by atoms with Gasteiger partial charge in [-0.2, -0.15) is 0 Å². The second kappa shape index (κ2) is 5.56. The zero-order valence-electron chi connectivity index (χ0n) is 10.5. The van der Waals surface area contributed by atoms with E-state index in [2.05, 4.69) is 43.8 Å². The fraction of sp³-hybridized carbons (Fsp3) is 0.714. The zero-order chi connectivity index (χ0) is 11.3. The lowest BCUT2D eigenvalue weighted by atomic mass is 9.78. The normalized spacial score (nSPS) is 26.6. The maximum atomic E-state index is 3.86. The molecule has 15 heavy (non-hydrogen) atoms. The van der Waals surface area contributed by atoms with Crippen molar-refractivity contribution in [2.45, 2.75) is 51.7 Å². The van der Waals surface area contributed by atoms with Crippen LogP contribution in [0.5, 0.6) is 0 Å². The molecule has 0 aromatic carbocycles. The highest BCUT2D eigenvalue weighted by Crippen LogP contribution is 2.32. The summed E-state index contributed by atoms with van der Waals surface area (Å²) in [5.41, 5.74) is 3.53. The molecule has 0 radical (unpaired) electrons. The summed E-state index contributed by atoms with van der Waals surface area (Å²) >= 11 is 0. The Morgan fingerprint density at radius 3 is 2.53 bits per heavy atom. The van der Waals surface area contributed by atoms with Crippen LogP contribution in [0.15, 0.2) is 12.7 Å². The maximum absolute atomic E-state index is 3.86. The summed E-state index contributed by atoms with van der Waals surface area (Å²) in [4.78, 5) is 0. The Hall–Kier alpha value is -0.483. The van der Waals surface area contributed by atoms with E-state index in [-0.39, 0.29) is 0 Å². The molecule has 0 aromatic heterocycles. The summed E-state index contributed by atoms with van der Waals surface area (Å²) in [5.74, 6) is 5.01. The van der Waals surface area contributed by atoms with Gasteiger partial charge in [-0.05, 0) is 25.2 Å². The monoisotopic (exact) mass is 220 g/mol. The smallest absolute Gasteiger partial charge is 0.129 e. The Morgan fingerprint density at radius 2 is 1.93 bits per heavy atom. The summed E-state index contributed by atoms with van der Waals surface area (Å²) in [5, 5.41) is 0. The summed E-state index contributed by atoms with van der Waals surface area (Å²) in [6.45, 7) is 10.8. The third-order valence-electron chi connectivity index (χ3n) is 3.01. The first-order valence-electron chi connectivity index (χ1n) is 6.16. The van der Waals surface area contributed by atoms with Crippen LogP contribution in [0.4, 0.5) is 0 Å². The van der Waals surface area contributed by atoms with E-state index in [0.717, 1.165) is 12.3 Å². The van der Waals surface area contributed by atoms with Gasteiger partial charge in [-0.3, -0.25) is 0 Å². The van der Waals surface area contributed by atoms with E-state index >= 15 is 0 Å². The molecule has 0 heterocycles. The first-order valence-corrected chi connectivity index (χ1v) is 9.66. The third-order valence-corrected chi connectivity index (χ3v) is 3.91. The quantitative estimate of drug-likeness (QED) is 0.371. The highest BCUT2D eigenvalue weighted by atomic mass is 28.3.